The van der Waals surface area contributed by atoms with Gasteiger partial charge in [-0.15, -0.1) is 0 Å². The zero-order chi connectivity index (χ0) is 18.1. The molecule has 7 heteroatoms. The number of pyridine rings is 1. The van der Waals surface area contributed by atoms with Crippen LogP contribution in [0.2, 0.25) is 0 Å². The molecule has 4 rings (SSSR count). The number of fused-ring (bicyclic) bond motifs is 1. The van der Waals surface area contributed by atoms with E-state index < -0.39 is 0 Å². The Kier molecular flexibility index (Phi) is 4.28. The minimum Gasteiger partial charge on any atom is -0.354 e. The van der Waals surface area contributed by atoms with Gasteiger partial charge in [0.25, 0.3) is 5.91 Å². The molecule has 3 aromatic heterocycles. The minimum absolute atomic E-state index is 0.215. The minimum atomic E-state index is -0.215. The smallest absolute Gasteiger partial charge is 0.259 e. The zero-order valence-electron chi connectivity index (χ0n) is 15.0. The molecule has 0 saturated carbocycles. The van der Waals surface area contributed by atoms with E-state index >= 15 is 0 Å². The molecular weight excluding hydrogens is 328 g/mol. The first-order valence-electron chi connectivity index (χ1n) is 8.97. The van der Waals surface area contributed by atoms with Gasteiger partial charge in [-0.1, -0.05) is 0 Å². The quantitative estimate of drug-likeness (QED) is 0.786. The van der Waals surface area contributed by atoms with Gasteiger partial charge in [-0.25, -0.2) is 4.98 Å². The number of anilines is 2. The Labute approximate surface area is 152 Å². The van der Waals surface area contributed by atoms with E-state index in [0.717, 1.165) is 17.9 Å². The number of nitrogens with zero attached hydrogens (tertiary/aromatic N) is 5. The molecule has 134 valence electrons. The van der Waals surface area contributed by atoms with Crippen LogP contribution in [-0.4, -0.2) is 38.3 Å². The number of amides is 1. The first-order valence-corrected chi connectivity index (χ1v) is 8.97. The van der Waals surface area contributed by atoms with Crippen LogP contribution in [0.15, 0.2) is 36.8 Å². The summed E-state index contributed by atoms with van der Waals surface area (Å²) in [5.41, 5.74) is 2.92. The molecule has 0 spiro atoms. The third kappa shape index (κ3) is 3.00. The van der Waals surface area contributed by atoms with Gasteiger partial charge in [0.15, 0.2) is 0 Å². The largest absolute Gasteiger partial charge is 0.354 e. The summed E-state index contributed by atoms with van der Waals surface area (Å²) >= 11 is 0. The third-order valence-corrected chi connectivity index (χ3v) is 4.93. The van der Waals surface area contributed by atoms with Gasteiger partial charge >= 0.3 is 0 Å². The maximum absolute atomic E-state index is 12.6. The van der Waals surface area contributed by atoms with E-state index in [4.69, 9.17) is 0 Å². The fraction of sp³-hybridized carbons (Fsp3) is 0.368. The lowest BCUT2D eigenvalue weighted by Crippen LogP contribution is -2.38. The second-order valence-corrected chi connectivity index (χ2v) is 6.81. The molecule has 1 saturated heterocycles. The van der Waals surface area contributed by atoms with E-state index in [9.17, 15) is 4.79 Å². The Balaban J connectivity index is 1.55. The summed E-state index contributed by atoms with van der Waals surface area (Å²) in [4.78, 5) is 19.6. The second kappa shape index (κ2) is 6.74. The van der Waals surface area contributed by atoms with Crippen LogP contribution in [0.25, 0.3) is 5.52 Å². The molecule has 4 heterocycles. The van der Waals surface area contributed by atoms with Crippen molar-refractivity contribution in [2.45, 2.75) is 39.2 Å². The summed E-state index contributed by atoms with van der Waals surface area (Å²) < 4.78 is 1.44. The van der Waals surface area contributed by atoms with Crippen LogP contribution in [0.3, 0.4) is 0 Å². The lowest BCUT2D eigenvalue weighted by molar-refractivity contribution is 0.102. The number of hydrogen-bond donors (Lipinski definition) is 1. The van der Waals surface area contributed by atoms with Gasteiger partial charge in [-0.3, -0.25) is 4.79 Å². The summed E-state index contributed by atoms with van der Waals surface area (Å²) in [6.07, 6.45) is 8.57. The molecule has 1 amide bonds. The Morgan fingerprint density at radius 3 is 2.96 bits per heavy atom. The normalized spacial score (nSPS) is 17.5. The number of nitrogens with one attached hydrogen (secondary N) is 1. The molecule has 0 radical (unpaired) electrons. The summed E-state index contributed by atoms with van der Waals surface area (Å²) in [6, 6.07) is 6.08. The number of hydrogen-bond acceptors (Lipinski definition) is 5. The summed E-state index contributed by atoms with van der Waals surface area (Å²) in [6.45, 7) is 5.32. The van der Waals surface area contributed by atoms with Crippen molar-refractivity contribution in [3.63, 3.8) is 0 Å². The Hall–Kier alpha value is -2.96. The lowest BCUT2D eigenvalue weighted by Gasteiger charge is -2.35. The van der Waals surface area contributed by atoms with Crippen molar-refractivity contribution in [3.8, 4) is 0 Å². The molecule has 26 heavy (non-hydrogen) atoms. The average molecular weight is 350 g/mol. The van der Waals surface area contributed by atoms with Gasteiger partial charge in [0.05, 0.1) is 23.6 Å². The van der Waals surface area contributed by atoms with Crippen molar-refractivity contribution < 1.29 is 4.79 Å². The van der Waals surface area contributed by atoms with E-state index in [1.165, 1.54) is 30.1 Å². The summed E-state index contributed by atoms with van der Waals surface area (Å²) in [7, 11) is 0. The molecule has 0 aliphatic carbocycles. The van der Waals surface area contributed by atoms with Gasteiger partial charge in [-0.2, -0.15) is 14.8 Å². The average Bonchev–Trinajstić information content (AvgIpc) is 3.07. The van der Waals surface area contributed by atoms with E-state index in [0.29, 0.717) is 22.8 Å². The summed E-state index contributed by atoms with van der Waals surface area (Å²) in [5, 5.41) is 11.1. The van der Waals surface area contributed by atoms with Crippen LogP contribution in [0.4, 0.5) is 11.5 Å². The Morgan fingerprint density at radius 1 is 1.27 bits per heavy atom. The highest BCUT2D eigenvalue weighted by molar-refractivity contribution is 6.08. The number of aryl methyl sites for hydroxylation is 1. The molecule has 3 aromatic rings. The predicted molar refractivity (Wildman–Crippen MR) is 101 cm³/mol. The highest BCUT2D eigenvalue weighted by Crippen LogP contribution is 2.27. The van der Waals surface area contributed by atoms with Crippen molar-refractivity contribution in [2.24, 2.45) is 0 Å². The SMILES string of the molecule is Cc1cc(NC(=O)c2cnn3ncccc23)cnc1N1CCCCC1C. The number of carbonyl (C=O) groups is 1. The van der Waals surface area contributed by atoms with E-state index in [-0.39, 0.29) is 5.91 Å². The van der Waals surface area contributed by atoms with E-state index in [1.807, 2.05) is 19.1 Å². The molecule has 0 aromatic carbocycles. The molecule has 1 atom stereocenters. The van der Waals surface area contributed by atoms with Crippen molar-refractivity contribution in [1.82, 2.24) is 19.8 Å². The molecule has 1 aliphatic rings. The highest BCUT2D eigenvalue weighted by Gasteiger charge is 2.21. The maximum Gasteiger partial charge on any atom is 0.259 e. The van der Waals surface area contributed by atoms with Crippen LogP contribution >= 0.6 is 0 Å². The van der Waals surface area contributed by atoms with Crippen molar-refractivity contribution in [3.05, 3.63) is 47.9 Å². The van der Waals surface area contributed by atoms with Gasteiger partial charge in [0.2, 0.25) is 0 Å². The van der Waals surface area contributed by atoms with Crippen LogP contribution in [-0.2, 0) is 0 Å². The van der Waals surface area contributed by atoms with Crippen molar-refractivity contribution in [1.29, 1.82) is 0 Å². The monoisotopic (exact) mass is 350 g/mol. The number of carbonyl (C=O) groups excluding carboxylic acids is 1. The van der Waals surface area contributed by atoms with Crippen LogP contribution < -0.4 is 10.2 Å². The first-order chi connectivity index (χ1) is 12.6. The maximum atomic E-state index is 12.6. The number of piperidine rings is 1. The van der Waals surface area contributed by atoms with Gasteiger partial charge < -0.3 is 10.2 Å². The molecule has 1 N–H and O–H groups in total. The lowest BCUT2D eigenvalue weighted by atomic mass is 10.0. The molecule has 1 aliphatic heterocycles. The van der Waals surface area contributed by atoms with Gasteiger partial charge in [-0.05, 0) is 56.9 Å². The first kappa shape index (κ1) is 16.5. The van der Waals surface area contributed by atoms with Crippen molar-refractivity contribution in [2.75, 3.05) is 16.8 Å². The van der Waals surface area contributed by atoms with Gasteiger partial charge in [0, 0.05) is 18.8 Å². The second-order valence-electron chi connectivity index (χ2n) is 6.81. The van der Waals surface area contributed by atoms with Crippen LogP contribution in [0, 0.1) is 6.92 Å². The highest BCUT2D eigenvalue weighted by atomic mass is 16.1. The molecule has 1 fully saturated rings. The zero-order valence-corrected chi connectivity index (χ0v) is 15.0. The molecule has 1 unspecified atom stereocenters. The topological polar surface area (TPSA) is 75.4 Å². The molecule has 0 bridgehead atoms. The number of rotatable bonds is 3. The third-order valence-electron chi connectivity index (χ3n) is 4.93. The van der Waals surface area contributed by atoms with E-state index in [2.05, 4.69) is 32.3 Å². The molecular formula is C19H22N6O. The standard InChI is InChI=1S/C19H22N6O/c1-13-10-15(11-20-18(13)24-9-4-3-6-14(24)2)23-19(26)16-12-22-25-17(16)7-5-8-21-25/h5,7-8,10-12,14H,3-4,6,9H2,1-2H3,(H,23,26). The number of aromatic nitrogens is 4. The van der Waals surface area contributed by atoms with E-state index in [1.54, 1.807) is 18.5 Å². The van der Waals surface area contributed by atoms with Crippen LogP contribution in [0.1, 0.15) is 42.1 Å². The Morgan fingerprint density at radius 2 is 2.15 bits per heavy atom. The van der Waals surface area contributed by atoms with Crippen LogP contribution in [0.5, 0.6) is 0 Å². The predicted octanol–water partition coefficient (Wildman–Crippen LogP) is 3.06. The molecule has 7 nitrogen and oxygen atoms in total. The Bertz CT molecular complexity index is 950. The van der Waals surface area contributed by atoms with Gasteiger partial charge in [0.1, 0.15) is 11.3 Å². The fourth-order valence-corrected chi connectivity index (χ4v) is 3.56. The summed E-state index contributed by atoms with van der Waals surface area (Å²) in [5.74, 6) is 0.795. The fourth-order valence-electron chi connectivity index (χ4n) is 3.56. The van der Waals surface area contributed by atoms with Crippen molar-refractivity contribution >= 4 is 22.9 Å².